The Morgan fingerprint density at radius 2 is 1.68 bits per heavy atom. The maximum absolute atomic E-state index is 12.6. The zero-order chi connectivity index (χ0) is 24.7. The number of rotatable bonds is 10. The Bertz CT molecular complexity index is 1030. The van der Waals surface area contributed by atoms with E-state index in [4.69, 9.17) is 21.1 Å². The minimum atomic E-state index is -0.986. The van der Waals surface area contributed by atoms with Gasteiger partial charge in [-0.1, -0.05) is 31.4 Å². The molecule has 1 saturated heterocycles. The Morgan fingerprint density at radius 3 is 2.32 bits per heavy atom. The van der Waals surface area contributed by atoms with E-state index >= 15 is 0 Å². The number of halogens is 1. The number of anilines is 1. The number of ketones is 1. The third kappa shape index (κ3) is 6.44. The Hall–Kier alpha value is -3.19. The normalized spacial score (nSPS) is 16.3. The van der Waals surface area contributed by atoms with Crippen LogP contribution in [0.4, 0.5) is 5.69 Å². The van der Waals surface area contributed by atoms with Crippen molar-refractivity contribution in [1.82, 2.24) is 0 Å². The fourth-order valence-electron chi connectivity index (χ4n) is 3.67. The molecule has 34 heavy (non-hydrogen) atoms. The molecule has 0 unspecified atom stereocenters. The minimum Gasteiger partial charge on any atom is -0.462 e. The quantitative estimate of drug-likeness (QED) is 0.271. The number of carbonyl (C=O) groups excluding carboxylic acids is 4. The molecule has 3 rings (SSSR count). The molecule has 0 spiro atoms. The van der Waals surface area contributed by atoms with Gasteiger partial charge in [0.05, 0.1) is 18.1 Å². The number of unbranched alkanes of at least 4 members (excludes halogenated alkanes) is 2. The highest BCUT2D eigenvalue weighted by Gasteiger charge is 2.37. The van der Waals surface area contributed by atoms with Gasteiger partial charge in [-0.25, -0.2) is 4.79 Å². The molecule has 180 valence electrons. The van der Waals surface area contributed by atoms with Crippen molar-refractivity contribution in [1.29, 1.82) is 0 Å². The summed E-state index contributed by atoms with van der Waals surface area (Å²) in [7, 11) is 0. The Kier molecular flexibility index (Phi) is 8.82. The number of benzene rings is 2. The topological polar surface area (TPSA) is 90.0 Å². The fraction of sp³-hybridized carbons (Fsp3) is 0.385. The van der Waals surface area contributed by atoms with Gasteiger partial charge in [0.2, 0.25) is 11.7 Å². The molecule has 1 heterocycles. The lowest BCUT2D eigenvalue weighted by Crippen LogP contribution is -2.30. The third-order valence-electron chi connectivity index (χ3n) is 5.64. The van der Waals surface area contributed by atoms with E-state index in [2.05, 4.69) is 6.92 Å². The van der Waals surface area contributed by atoms with Gasteiger partial charge in [-0.05, 0) is 61.9 Å². The van der Waals surface area contributed by atoms with Crippen LogP contribution < -0.4 is 4.90 Å². The second kappa shape index (κ2) is 11.8. The van der Waals surface area contributed by atoms with Gasteiger partial charge in [-0.15, -0.1) is 0 Å². The first-order valence-electron chi connectivity index (χ1n) is 11.4. The van der Waals surface area contributed by atoms with E-state index in [1.807, 2.05) is 0 Å². The molecule has 0 bridgehead atoms. The standard InChI is InChI=1S/C26H28ClNO6/c1-3-4-5-14-33-25(31)19-8-12-22(13-9-19)28-16-20(15-23(28)29)26(32)34-17(2)24(30)18-6-10-21(27)11-7-18/h6-13,17,20H,3-5,14-16H2,1-2H3/t17-,20-/m1/s1. The Labute approximate surface area is 204 Å². The number of nitrogens with zero attached hydrogens (tertiary/aromatic N) is 1. The van der Waals surface area contributed by atoms with Gasteiger partial charge in [0, 0.05) is 29.2 Å². The van der Waals surface area contributed by atoms with Crippen molar-refractivity contribution in [2.45, 2.75) is 45.6 Å². The molecule has 8 heteroatoms. The van der Waals surface area contributed by atoms with E-state index in [-0.39, 0.29) is 24.7 Å². The molecule has 2 aromatic rings. The Balaban J connectivity index is 1.55. The smallest absolute Gasteiger partial charge is 0.338 e. The first-order valence-corrected chi connectivity index (χ1v) is 11.8. The highest BCUT2D eigenvalue weighted by molar-refractivity contribution is 6.30. The number of esters is 2. The lowest BCUT2D eigenvalue weighted by molar-refractivity contribution is -0.151. The van der Waals surface area contributed by atoms with Crippen molar-refractivity contribution >= 4 is 40.9 Å². The van der Waals surface area contributed by atoms with Gasteiger partial charge in [0.15, 0.2) is 6.10 Å². The van der Waals surface area contributed by atoms with Crippen LogP contribution in [-0.4, -0.2) is 42.9 Å². The van der Waals surface area contributed by atoms with Crippen molar-refractivity contribution in [2.24, 2.45) is 5.92 Å². The zero-order valence-corrected chi connectivity index (χ0v) is 20.0. The van der Waals surface area contributed by atoms with Crippen LogP contribution in [0.3, 0.4) is 0 Å². The first-order chi connectivity index (χ1) is 16.3. The molecule has 1 aliphatic rings. The van der Waals surface area contributed by atoms with E-state index in [9.17, 15) is 19.2 Å². The van der Waals surface area contributed by atoms with Gasteiger partial charge in [-0.3, -0.25) is 14.4 Å². The largest absolute Gasteiger partial charge is 0.462 e. The Morgan fingerprint density at radius 1 is 1.03 bits per heavy atom. The lowest BCUT2D eigenvalue weighted by atomic mass is 10.1. The number of hydrogen-bond acceptors (Lipinski definition) is 6. The minimum absolute atomic E-state index is 0.0120. The van der Waals surface area contributed by atoms with Crippen LogP contribution in [0.15, 0.2) is 48.5 Å². The van der Waals surface area contributed by atoms with Crippen LogP contribution in [0.25, 0.3) is 0 Å². The maximum atomic E-state index is 12.6. The van der Waals surface area contributed by atoms with E-state index < -0.39 is 24.0 Å². The van der Waals surface area contributed by atoms with Crippen LogP contribution in [0, 0.1) is 5.92 Å². The molecule has 0 aliphatic carbocycles. The molecule has 1 amide bonds. The van der Waals surface area contributed by atoms with Crippen molar-refractivity contribution in [2.75, 3.05) is 18.1 Å². The van der Waals surface area contributed by atoms with Gasteiger partial charge < -0.3 is 14.4 Å². The zero-order valence-electron chi connectivity index (χ0n) is 19.3. The number of hydrogen-bond donors (Lipinski definition) is 0. The average molecular weight is 486 g/mol. The van der Waals surface area contributed by atoms with Crippen molar-refractivity contribution in [3.05, 3.63) is 64.7 Å². The SMILES string of the molecule is CCCCCOC(=O)c1ccc(N2C[C@H](C(=O)O[C@H](C)C(=O)c3ccc(Cl)cc3)CC2=O)cc1. The lowest BCUT2D eigenvalue weighted by Gasteiger charge is -2.18. The summed E-state index contributed by atoms with van der Waals surface area (Å²) in [6.45, 7) is 4.09. The van der Waals surface area contributed by atoms with Crippen molar-refractivity contribution in [3.63, 3.8) is 0 Å². The molecule has 0 radical (unpaired) electrons. The van der Waals surface area contributed by atoms with Crippen LogP contribution >= 0.6 is 11.6 Å². The summed E-state index contributed by atoms with van der Waals surface area (Å²) in [6, 6.07) is 12.8. The highest BCUT2D eigenvalue weighted by Crippen LogP contribution is 2.27. The summed E-state index contributed by atoms with van der Waals surface area (Å²) in [6.07, 6.45) is 1.87. The molecule has 2 atom stereocenters. The van der Waals surface area contributed by atoms with Gasteiger partial charge in [0.25, 0.3) is 0 Å². The molecular weight excluding hydrogens is 458 g/mol. The van der Waals surface area contributed by atoms with Crippen LogP contribution in [-0.2, 0) is 19.1 Å². The fourth-order valence-corrected chi connectivity index (χ4v) is 3.79. The molecule has 0 N–H and O–H groups in total. The second-order valence-electron chi connectivity index (χ2n) is 8.25. The monoisotopic (exact) mass is 485 g/mol. The van der Waals surface area contributed by atoms with E-state index in [1.165, 1.54) is 11.8 Å². The number of amides is 1. The predicted molar refractivity (Wildman–Crippen MR) is 128 cm³/mol. The summed E-state index contributed by atoms with van der Waals surface area (Å²) in [5.41, 5.74) is 1.36. The summed E-state index contributed by atoms with van der Waals surface area (Å²) in [5, 5.41) is 0.502. The molecule has 7 nitrogen and oxygen atoms in total. The number of ether oxygens (including phenoxy) is 2. The van der Waals surface area contributed by atoms with E-state index in [0.29, 0.717) is 28.4 Å². The van der Waals surface area contributed by atoms with Crippen molar-refractivity contribution in [3.8, 4) is 0 Å². The van der Waals surface area contributed by atoms with E-state index in [0.717, 1.165) is 19.3 Å². The highest BCUT2D eigenvalue weighted by atomic mass is 35.5. The third-order valence-corrected chi connectivity index (χ3v) is 5.90. The van der Waals surface area contributed by atoms with Gasteiger partial charge in [0.1, 0.15) is 0 Å². The second-order valence-corrected chi connectivity index (χ2v) is 8.68. The van der Waals surface area contributed by atoms with Crippen LogP contribution in [0.2, 0.25) is 5.02 Å². The molecule has 2 aromatic carbocycles. The molecular formula is C26H28ClNO6. The molecule has 1 aliphatic heterocycles. The maximum Gasteiger partial charge on any atom is 0.338 e. The van der Waals surface area contributed by atoms with E-state index in [1.54, 1.807) is 48.5 Å². The predicted octanol–water partition coefficient (Wildman–Crippen LogP) is 4.85. The van der Waals surface area contributed by atoms with Gasteiger partial charge in [-0.2, -0.15) is 0 Å². The summed E-state index contributed by atoms with van der Waals surface area (Å²) in [4.78, 5) is 51.3. The van der Waals surface area contributed by atoms with Gasteiger partial charge >= 0.3 is 11.9 Å². The van der Waals surface area contributed by atoms with Crippen LogP contribution in [0.5, 0.6) is 0 Å². The first kappa shape index (κ1) is 25.4. The summed E-state index contributed by atoms with van der Waals surface area (Å²) >= 11 is 5.84. The molecule has 0 saturated carbocycles. The summed E-state index contributed by atoms with van der Waals surface area (Å²) in [5.74, 6) is -2.26. The number of carbonyl (C=O) groups is 4. The van der Waals surface area contributed by atoms with Crippen molar-refractivity contribution < 1.29 is 28.7 Å². The summed E-state index contributed by atoms with van der Waals surface area (Å²) < 4.78 is 10.6. The molecule has 0 aromatic heterocycles. The number of Topliss-reactive ketones (excluding diaryl/α,β-unsaturated/α-hetero) is 1. The molecule has 1 fully saturated rings. The van der Waals surface area contributed by atoms with Crippen LogP contribution in [0.1, 0.15) is 60.2 Å². The average Bonchev–Trinajstić information content (AvgIpc) is 3.23.